The van der Waals surface area contributed by atoms with E-state index < -0.39 is 0 Å². The van der Waals surface area contributed by atoms with E-state index in [0.29, 0.717) is 11.4 Å². The third-order valence-corrected chi connectivity index (χ3v) is 2.72. The van der Waals surface area contributed by atoms with E-state index in [9.17, 15) is 9.59 Å². The molecule has 0 spiro atoms. The zero-order valence-corrected chi connectivity index (χ0v) is 11.2. The van der Waals surface area contributed by atoms with Gasteiger partial charge in [0.25, 0.3) is 5.91 Å². The summed E-state index contributed by atoms with van der Waals surface area (Å²) < 4.78 is 0. The van der Waals surface area contributed by atoms with Gasteiger partial charge in [-0.25, -0.2) is 0 Å². The van der Waals surface area contributed by atoms with Crippen molar-refractivity contribution in [2.24, 2.45) is 0 Å². The number of hydrogen-bond acceptors (Lipinski definition) is 4. The van der Waals surface area contributed by atoms with E-state index >= 15 is 0 Å². The monoisotopic (exact) mass is 273 g/mol. The summed E-state index contributed by atoms with van der Waals surface area (Å²) in [6.07, 6.45) is 1.36. The highest BCUT2D eigenvalue weighted by Crippen LogP contribution is 2.21. The van der Waals surface area contributed by atoms with Crippen molar-refractivity contribution in [1.29, 1.82) is 0 Å². The highest BCUT2D eigenvalue weighted by atomic mass is 16.2. The Balaban J connectivity index is 2.22. The molecule has 7 heteroatoms. The largest absolute Gasteiger partial charge is 0.383 e. The predicted molar refractivity (Wildman–Crippen MR) is 76.4 cm³/mol. The van der Waals surface area contributed by atoms with Crippen molar-refractivity contribution >= 4 is 29.0 Å². The fourth-order valence-corrected chi connectivity index (χ4v) is 1.70. The highest BCUT2D eigenvalue weighted by molar-refractivity contribution is 6.07. The zero-order chi connectivity index (χ0) is 14.7. The fourth-order valence-electron chi connectivity index (χ4n) is 1.70. The number of benzene rings is 1. The van der Waals surface area contributed by atoms with Gasteiger partial charge in [0.15, 0.2) is 0 Å². The minimum atomic E-state index is -0.362. The lowest BCUT2D eigenvalue weighted by Gasteiger charge is -2.10. The minimum absolute atomic E-state index is 0.176. The first-order chi connectivity index (χ1) is 9.47. The summed E-state index contributed by atoms with van der Waals surface area (Å²) in [5, 5.41) is 11.6. The lowest BCUT2D eigenvalue weighted by molar-refractivity contribution is -0.114. The number of aromatic nitrogens is 2. The summed E-state index contributed by atoms with van der Waals surface area (Å²) in [4.78, 5) is 23.1. The average molecular weight is 273 g/mol. The van der Waals surface area contributed by atoms with Gasteiger partial charge in [-0.1, -0.05) is 6.07 Å². The second-order valence-electron chi connectivity index (χ2n) is 4.36. The van der Waals surface area contributed by atoms with E-state index in [4.69, 9.17) is 5.73 Å². The number of H-pyrrole nitrogens is 1. The molecule has 0 aliphatic rings. The van der Waals surface area contributed by atoms with Crippen LogP contribution in [0.5, 0.6) is 0 Å². The maximum Gasteiger partial charge on any atom is 0.261 e. The molecule has 7 nitrogen and oxygen atoms in total. The Morgan fingerprint density at radius 3 is 2.65 bits per heavy atom. The van der Waals surface area contributed by atoms with Crippen LogP contribution in [0.2, 0.25) is 0 Å². The molecule has 0 aliphatic heterocycles. The van der Waals surface area contributed by atoms with Crippen LogP contribution in [0.4, 0.5) is 17.2 Å². The van der Waals surface area contributed by atoms with Crippen molar-refractivity contribution in [3.63, 3.8) is 0 Å². The van der Waals surface area contributed by atoms with Crippen molar-refractivity contribution in [1.82, 2.24) is 10.2 Å². The Kier molecular flexibility index (Phi) is 3.69. The number of hydrogen-bond donors (Lipinski definition) is 4. The summed E-state index contributed by atoms with van der Waals surface area (Å²) in [7, 11) is 0. The molecule has 2 rings (SSSR count). The van der Waals surface area contributed by atoms with Crippen molar-refractivity contribution < 1.29 is 9.59 Å². The van der Waals surface area contributed by atoms with E-state index in [2.05, 4.69) is 20.8 Å². The molecule has 0 radical (unpaired) electrons. The van der Waals surface area contributed by atoms with E-state index in [-0.39, 0.29) is 23.2 Å². The maximum atomic E-state index is 12.0. The van der Waals surface area contributed by atoms with Crippen molar-refractivity contribution in [3.8, 4) is 0 Å². The molecule has 2 aromatic rings. The van der Waals surface area contributed by atoms with Crippen LogP contribution in [-0.4, -0.2) is 22.0 Å². The van der Waals surface area contributed by atoms with Gasteiger partial charge in [-0.3, -0.25) is 14.7 Å². The SMILES string of the molecule is CC(=O)Nc1ccc(C)c(NC(=O)c2cn[nH]c2N)c1. The molecule has 0 bridgehead atoms. The molecular weight excluding hydrogens is 258 g/mol. The quantitative estimate of drug-likeness (QED) is 0.678. The molecule has 1 heterocycles. The van der Waals surface area contributed by atoms with E-state index in [0.717, 1.165) is 5.56 Å². The number of nitrogens with zero attached hydrogens (tertiary/aromatic N) is 1. The fraction of sp³-hybridized carbons (Fsp3) is 0.154. The maximum absolute atomic E-state index is 12.0. The molecule has 0 atom stereocenters. The summed E-state index contributed by atoms with van der Waals surface area (Å²) in [5.41, 5.74) is 7.94. The topological polar surface area (TPSA) is 113 Å². The van der Waals surface area contributed by atoms with Crippen molar-refractivity contribution in [2.75, 3.05) is 16.4 Å². The molecular formula is C13H15N5O2. The van der Waals surface area contributed by atoms with Crippen LogP contribution < -0.4 is 16.4 Å². The Morgan fingerprint density at radius 2 is 2.05 bits per heavy atom. The molecule has 0 saturated carbocycles. The number of aryl methyl sites for hydroxylation is 1. The number of nitrogen functional groups attached to an aromatic ring is 1. The standard InChI is InChI=1S/C13H15N5O2/c1-7-3-4-9(16-8(2)19)5-11(7)17-13(20)10-6-15-18-12(10)14/h3-6H,1-2H3,(H,16,19)(H,17,20)(H3,14,15,18). The second kappa shape index (κ2) is 5.43. The molecule has 5 N–H and O–H groups in total. The number of rotatable bonds is 3. The average Bonchev–Trinajstić information content (AvgIpc) is 2.79. The van der Waals surface area contributed by atoms with Crippen LogP contribution in [0.15, 0.2) is 24.4 Å². The minimum Gasteiger partial charge on any atom is -0.383 e. The third-order valence-electron chi connectivity index (χ3n) is 2.72. The van der Waals surface area contributed by atoms with Crippen LogP contribution in [0.25, 0.3) is 0 Å². The Bertz CT molecular complexity index is 663. The van der Waals surface area contributed by atoms with E-state index in [1.54, 1.807) is 18.2 Å². The summed E-state index contributed by atoms with van der Waals surface area (Å²) in [5.74, 6) is -0.331. The Morgan fingerprint density at radius 1 is 1.30 bits per heavy atom. The lowest BCUT2D eigenvalue weighted by Crippen LogP contribution is -2.14. The van der Waals surface area contributed by atoms with Gasteiger partial charge in [0.1, 0.15) is 11.4 Å². The first kappa shape index (κ1) is 13.6. The van der Waals surface area contributed by atoms with Crippen LogP contribution >= 0.6 is 0 Å². The molecule has 20 heavy (non-hydrogen) atoms. The second-order valence-corrected chi connectivity index (χ2v) is 4.36. The van der Waals surface area contributed by atoms with Crippen LogP contribution in [-0.2, 0) is 4.79 Å². The third kappa shape index (κ3) is 2.94. The normalized spacial score (nSPS) is 10.1. The number of carbonyl (C=O) groups is 2. The smallest absolute Gasteiger partial charge is 0.261 e. The number of nitrogens with two attached hydrogens (primary N) is 1. The molecule has 0 saturated heterocycles. The zero-order valence-electron chi connectivity index (χ0n) is 11.2. The molecule has 2 amide bonds. The molecule has 1 aromatic carbocycles. The number of nitrogens with one attached hydrogen (secondary N) is 3. The molecule has 0 aliphatic carbocycles. The van der Waals surface area contributed by atoms with E-state index in [1.165, 1.54) is 13.1 Å². The van der Waals surface area contributed by atoms with Gasteiger partial charge in [-0.2, -0.15) is 5.10 Å². The number of amides is 2. The first-order valence-corrected chi connectivity index (χ1v) is 5.96. The first-order valence-electron chi connectivity index (χ1n) is 5.96. The van der Waals surface area contributed by atoms with Gasteiger partial charge in [-0.15, -0.1) is 0 Å². The van der Waals surface area contributed by atoms with Gasteiger partial charge in [0.2, 0.25) is 5.91 Å². The summed E-state index contributed by atoms with van der Waals surface area (Å²) in [6.45, 7) is 3.27. The summed E-state index contributed by atoms with van der Waals surface area (Å²) >= 11 is 0. The van der Waals surface area contributed by atoms with Crippen LogP contribution in [0.1, 0.15) is 22.8 Å². The van der Waals surface area contributed by atoms with Crippen molar-refractivity contribution in [2.45, 2.75) is 13.8 Å². The molecule has 0 fully saturated rings. The van der Waals surface area contributed by atoms with Gasteiger partial charge >= 0.3 is 0 Å². The van der Waals surface area contributed by atoms with Gasteiger partial charge in [-0.05, 0) is 24.6 Å². The van der Waals surface area contributed by atoms with Crippen LogP contribution in [0.3, 0.4) is 0 Å². The van der Waals surface area contributed by atoms with Gasteiger partial charge < -0.3 is 16.4 Å². The number of anilines is 3. The Hall–Kier alpha value is -2.83. The highest BCUT2D eigenvalue weighted by Gasteiger charge is 2.13. The predicted octanol–water partition coefficient (Wildman–Crippen LogP) is 1.51. The van der Waals surface area contributed by atoms with E-state index in [1.807, 2.05) is 6.92 Å². The molecule has 0 unspecified atom stereocenters. The van der Waals surface area contributed by atoms with Gasteiger partial charge in [0, 0.05) is 18.3 Å². The van der Waals surface area contributed by atoms with Crippen LogP contribution in [0, 0.1) is 6.92 Å². The summed E-state index contributed by atoms with van der Waals surface area (Å²) in [6, 6.07) is 5.25. The molecule has 1 aromatic heterocycles. The number of aromatic amines is 1. The lowest BCUT2D eigenvalue weighted by atomic mass is 10.1. The number of carbonyl (C=O) groups excluding carboxylic acids is 2. The van der Waals surface area contributed by atoms with Gasteiger partial charge in [0.05, 0.1) is 6.20 Å². The van der Waals surface area contributed by atoms with Crippen molar-refractivity contribution in [3.05, 3.63) is 35.5 Å². The molecule has 104 valence electrons. The Labute approximate surface area is 115 Å².